The molecule has 0 unspecified atom stereocenters. The molecular weight excluding hydrogens is 728 g/mol. The van der Waals surface area contributed by atoms with Crippen molar-refractivity contribution in [2.45, 2.75) is 4.90 Å². The van der Waals surface area contributed by atoms with E-state index in [4.69, 9.17) is 12.6 Å². The molecule has 0 aliphatic carbocycles. The van der Waals surface area contributed by atoms with E-state index in [0.717, 1.165) is 5.39 Å². The maximum absolute atomic E-state index is 12.6. The summed E-state index contributed by atoms with van der Waals surface area (Å²) >= 11 is 5.29. The minimum atomic E-state index is -0.446. The summed E-state index contributed by atoms with van der Waals surface area (Å²) in [7, 11) is 3.38. The zero-order chi connectivity index (χ0) is 28.1. The third-order valence-corrected chi connectivity index (χ3v) is 9.57. The second kappa shape index (κ2) is 14.2. The topological polar surface area (TPSA) is 40.6 Å². The minimum absolute atomic E-state index is 0. The molecule has 5 aromatic rings. The number of imide groups is 1. The molecule has 7 heteroatoms. The molecule has 0 N–H and O–H groups in total. The van der Waals surface area contributed by atoms with Crippen molar-refractivity contribution in [3.05, 3.63) is 132 Å². The number of hydrogen-bond donors (Lipinski definition) is 0. The van der Waals surface area contributed by atoms with Crippen LogP contribution in [0.3, 0.4) is 0 Å². The van der Waals surface area contributed by atoms with Crippen molar-refractivity contribution in [1.29, 1.82) is 0 Å². The Morgan fingerprint density at radius 1 is 0.634 bits per heavy atom. The zero-order valence-corrected chi connectivity index (χ0v) is 26.7. The Hall–Kier alpha value is -3.15. The normalized spacial score (nSPS) is 12.2. The number of carbonyl (C=O) groups is 2. The van der Waals surface area contributed by atoms with Crippen LogP contribution in [0.1, 0.15) is 20.7 Å². The van der Waals surface area contributed by atoms with Gasteiger partial charge in [-0.25, -0.2) is 0 Å². The fourth-order valence-electron chi connectivity index (χ4n) is 4.80. The third kappa shape index (κ3) is 6.85. The van der Waals surface area contributed by atoms with Gasteiger partial charge in [0.1, 0.15) is 0 Å². The van der Waals surface area contributed by atoms with Gasteiger partial charge in [0, 0.05) is 29.6 Å². The maximum atomic E-state index is 12.6. The van der Waals surface area contributed by atoms with Crippen LogP contribution in [0.5, 0.6) is 0 Å². The van der Waals surface area contributed by atoms with Crippen LogP contribution >= 0.6 is 7.92 Å². The summed E-state index contributed by atoms with van der Waals surface area (Å²) in [5.74, 6) is -0.471. The van der Waals surface area contributed by atoms with Gasteiger partial charge in [0.25, 0.3) is 11.8 Å². The Bertz CT molecular complexity index is 1520. The molecule has 1 heterocycles. The Labute approximate surface area is 264 Å². The molecule has 0 fully saturated rings. The quantitative estimate of drug-likeness (QED) is 0.102. The van der Waals surface area contributed by atoms with Gasteiger partial charge in [-0.2, -0.15) is 4.90 Å². The molecule has 0 atom stereocenters. The molecule has 0 saturated heterocycles. The van der Waals surface area contributed by atoms with Crippen LogP contribution in [-0.4, -0.2) is 48.8 Å². The molecule has 0 spiro atoms. The number of nitrogens with zero attached hydrogens (tertiary/aromatic N) is 2. The molecule has 0 aromatic heterocycles. The van der Waals surface area contributed by atoms with E-state index in [1.54, 1.807) is 18.2 Å². The molecule has 2 amide bonds. The summed E-state index contributed by atoms with van der Waals surface area (Å²) in [6.07, 6.45) is 0. The van der Waals surface area contributed by atoms with Gasteiger partial charge in [-0.3, -0.25) is 14.5 Å². The second-order valence-corrected chi connectivity index (χ2v) is 12.4. The van der Waals surface area contributed by atoms with E-state index in [2.05, 4.69) is 91.0 Å². The molecule has 1 aliphatic rings. The van der Waals surface area contributed by atoms with Crippen molar-refractivity contribution < 1.29 is 32.0 Å². The number of amides is 2. The summed E-state index contributed by atoms with van der Waals surface area (Å²) in [6.45, 7) is 1.03. The van der Waals surface area contributed by atoms with Crippen LogP contribution in [0.4, 0.5) is 0 Å². The predicted octanol–water partition coefficient (Wildman–Crippen LogP) is 5.35. The van der Waals surface area contributed by atoms with E-state index in [1.165, 1.54) is 20.8 Å². The van der Waals surface area contributed by atoms with Crippen molar-refractivity contribution in [2.24, 2.45) is 0 Å². The van der Waals surface area contributed by atoms with Crippen LogP contribution in [0, 0.1) is 0 Å². The number of carbonyl (C=O) groups excluding carboxylic acids is 2. The first-order valence-electron chi connectivity index (χ1n) is 13.1. The predicted molar refractivity (Wildman–Crippen MR) is 169 cm³/mol. The summed E-state index contributed by atoms with van der Waals surface area (Å²) < 4.78 is 0. The van der Waals surface area contributed by atoms with Crippen LogP contribution < -0.4 is 15.9 Å². The Balaban J connectivity index is 0.000000185. The summed E-state index contributed by atoms with van der Waals surface area (Å²) in [5.41, 5.74) is 1.13. The molecule has 5 aromatic carbocycles. The van der Waals surface area contributed by atoms with Crippen molar-refractivity contribution in [3.8, 4) is 0 Å². The average molecular weight is 759 g/mol. The van der Waals surface area contributed by atoms with Gasteiger partial charge in [0.05, 0.1) is 0 Å². The average Bonchev–Trinajstić information content (AvgIpc) is 2.99. The Morgan fingerprint density at radius 3 is 1.56 bits per heavy atom. The Kier molecular flexibility index (Phi) is 10.6. The van der Waals surface area contributed by atoms with Gasteiger partial charge in [0.2, 0.25) is 0 Å². The van der Waals surface area contributed by atoms with Gasteiger partial charge >= 0.3 is 22.4 Å². The van der Waals surface area contributed by atoms with E-state index < -0.39 is 7.92 Å². The second-order valence-electron chi connectivity index (χ2n) is 9.75. The van der Waals surface area contributed by atoms with Crippen LogP contribution in [-0.2, 0) is 35.0 Å². The number of benzene rings is 5. The summed E-state index contributed by atoms with van der Waals surface area (Å²) in [4.78, 5) is 29.1. The molecule has 0 saturated carbocycles. The van der Waals surface area contributed by atoms with E-state index >= 15 is 0 Å². The number of rotatable bonds is 6. The minimum Gasteiger partial charge on any atom is -0.779 e. The largest absolute Gasteiger partial charge is 1.00 e. The third-order valence-electron chi connectivity index (χ3n) is 6.77. The molecular formula is C34H30AuN2O2PS. The van der Waals surface area contributed by atoms with Gasteiger partial charge in [0.15, 0.2) is 0 Å². The van der Waals surface area contributed by atoms with Crippen molar-refractivity contribution >= 4 is 59.1 Å². The molecule has 4 nitrogen and oxygen atoms in total. The van der Waals surface area contributed by atoms with E-state index in [0.29, 0.717) is 34.5 Å². The summed E-state index contributed by atoms with van der Waals surface area (Å²) in [5, 5.41) is 5.69. The SMILES string of the molecule is CN(C)CCN1C(=O)c2cccc3c([S-])ccc(c23)C1=O.[Au+].c1ccc(P(c2ccccc2)c2ccccc2)cc1. The van der Waals surface area contributed by atoms with Crippen molar-refractivity contribution in [1.82, 2.24) is 9.80 Å². The Morgan fingerprint density at radius 2 is 1.10 bits per heavy atom. The van der Waals surface area contributed by atoms with Crippen molar-refractivity contribution in [3.63, 3.8) is 0 Å². The first-order chi connectivity index (χ1) is 19.5. The number of hydrogen-bond acceptors (Lipinski definition) is 4. The van der Waals surface area contributed by atoms with Gasteiger partial charge < -0.3 is 17.5 Å². The van der Waals surface area contributed by atoms with E-state index in [-0.39, 0.29) is 34.2 Å². The van der Waals surface area contributed by atoms with Gasteiger partial charge in [-0.1, -0.05) is 115 Å². The summed E-state index contributed by atoms with van der Waals surface area (Å²) in [6, 6.07) is 41.3. The number of likely N-dealkylation sites (N-methyl/N-ethyl adjacent to an activating group) is 1. The molecule has 41 heavy (non-hydrogen) atoms. The molecule has 6 rings (SSSR count). The molecule has 1 aliphatic heterocycles. The molecule has 0 bridgehead atoms. The van der Waals surface area contributed by atoms with Crippen LogP contribution in [0.25, 0.3) is 10.8 Å². The van der Waals surface area contributed by atoms with Gasteiger partial charge in [-0.05, 0) is 49.4 Å². The van der Waals surface area contributed by atoms with E-state index in [1.807, 2.05) is 31.1 Å². The first kappa shape index (κ1) is 30.8. The van der Waals surface area contributed by atoms with E-state index in [9.17, 15) is 9.59 Å². The van der Waals surface area contributed by atoms with Crippen molar-refractivity contribution in [2.75, 3.05) is 27.2 Å². The molecule has 210 valence electrons. The smallest absolute Gasteiger partial charge is 0.779 e. The fraction of sp³-hybridized carbons (Fsp3) is 0.118. The molecule has 0 radical (unpaired) electrons. The monoisotopic (exact) mass is 758 g/mol. The van der Waals surface area contributed by atoms with Crippen LogP contribution in [0.15, 0.2) is 126 Å². The van der Waals surface area contributed by atoms with Gasteiger partial charge in [-0.15, -0.1) is 0 Å². The standard InChI is InChI=1S/C18H15P.C16H16N2O2S.Au/c1-4-10-16(11-5-1)19(17-12-6-2-7-13-17)18-14-8-3-9-15-18;1-17(2)8-9-18-15(19)11-5-3-4-10-13(21)7-6-12(14(10)11)16(18)20;/h1-15H;3-7,21H,8-9H2,1-2H3;/q;;+1/p-1. The fourth-order valence-corrected chi connectivity index (χ4v) is 7.34. The van der Waals surface area contributed by atoms with Crippen LogP contribution in [0.2, 0.25) is 0 Å². The zero-order valence-electron chi connectivity index (χ0n) is 22.8. The maximum Gasteiger partial charge on any atom is 1.00 e. The first-order valence-corrected chi connectivity index (χ1v) is 14.9.